The van der Waals surface area contributed by atoms with Crippen LogP contribution in [-0.4, -0.2) is 53.9 Å². The zero-order valence-corrected chi connectivity index (χ0v) is 26.8. The summed E-state index contributed by atoms with van der Waals surface area (Å²) in [7, 11) is 1.05. The Labute approximate surface area is 281 Å². The van der Waals surface area contributed by atoms with Crippen LogP contribution < -0.4 is 16.1 Å². The standard InChI is InChI=1S/C35H34N4O8S/c1-46-33(42)29(22-31(40)38-39(44)45)36-32(41)30(37-34(43)47-23-25-14-6-2-7-15-25)24-48-35(26-16-8-3-9-17-26,27-18-10-4-11-19-27)28-20-12-5-13-21-28/h2-21,29-30H,22-24H2,1H3,(H,36,41)(H,37,43)(H,38,40)/t29-,30-/m0/s1. The third-order valence-corrected chi connectivity index (χ3v) is 8.88. The highest BCUT2D eigenvalue weighted by Crippen LogP contribution is 2.48. The molecule has 4 rings (SSSR count). The van der Waals surface area contributed by atoms with E-state index < -0.39 is 52.2 Å². The SMILES string of the molecule is COC(=O)[C@H](CC(=O)N[N+](=O)[O-])NC(=O)[C@H](CSC(c1ccccc1)(c1ccccc1)c1ccccc1)NC(=O)OCc1ccccc1. The fourth-order valence-electron chi connectivity index (χ4n) is 5.01. The van der Waals surface area contributed by atoms with Crippen LogP contribution in [0, 0.1) is 10.1 Å². The van der Waals surface area contributed by atoms with E-state index in [0.717, 1.165) is 29.4 Å². The molecule has 3 amide bonds. The molecule has 0 saturated carbocycles. The van der Waals surface area contributed by atoms with Crippen LogP contribution in [0.5, 0.6) is 0 Å². The Bertz CT molecular complexity index is 1580. The fourth-order valence-corrected chi connectivity index (χ4v) is 6.57. The first-order valence-corrected chi connectivity index (χ1v) is 15.8. The van der Waals surface area contributed by atoms with Gasteiger partial charge in [0, 0.05) is 5.75 Å². The number of methoxy groups -OCH3 is 1. The summed E-state index contributed by atoms with van der Waals surface area (Å²) in [4.78, 5) is 62.4. The quantitative estimate of drug-likeness (QED) is 0.0721. The van der Waals surface area contributed by atoms with E-state index in [4.69, 9.17) is 9.47 Å². The summed E-state index contributed by atoms with van der Waals surface area (Å²) in [5.74, 6) is -3.02. The first-order valence-electron chi connectivity index (χ1n) is 14.8. The van der Waals surface area contributed by atoms with E-state index in [0.29, 0.717) is 0 Å². The van der Waals surface area contributed by atoms with Crippen molar-refractivity contribution in [3.63, 3.8) is 0 Å². The Morgan fingerprint density at radius 1 is 0.750 bits per heavy atom. The first-order chi connectivity index (χ1) is 23.2. The van der Waals surface area contributed by atoms with Crippen LogP contribution in [0.1, 0.15) is 28.7 Å². The number of ether oxygens (including phenoxy) is 2. The van der Waals surface area contributed by atoms with E-state index in [9.17, 15) is 29.3 Å². The molecule has 0 aliphatic carbocycles. The third kappa shape index (κ3) is 9.42. The number of esters is 1. The lowest BCUT2D eigenvalue weighted by Crippen LogP contribution is -2.54. The Morgan fingerprint density at radius 3 is 1.69 bits per heavy atom. The third-order valence-electron chi connectivity index (χ3n) is 7.24. The summed E-state index contributed by atoms with van der Waals surface area (Å²) in [5, 5.41) is 14.7. The molecule has 13 heteroatoms. The minimum absolute atomic E-state index is 0.0417. The first kappa shape index (κ1) is 35.2. The molecule has 0 radical (unpaired) electrons. The molecule has 0 aliphatic rings. The van der Waals surface area contributed by atoms with Gasteiger partial charge in [0.25, 0.3) is 5.91 Å². The molecule has 248 valence electrons. The van der Waals surface area contributed by atoms with E-state index in [1.807, 2.05) is 97.1 Å². The van der Waals surface area contributed by atoms with Gasteiger partial charge in [-0.1, -0.05) is 127 Å². The molecule has 0 bridgehead atoms. The van der Waals surface area contributed by atoms with Gasteiger partial charge in [-0.15, -0.1) is 11.8 Å². The molecule has 48 heavy (non-hydrogen) atoms. The van der Waals surface area contributed by atoms with E-state index in [1.54, 1.807) is 24.3 Å². The van der Waals surface area contributed by atoms with E-state index in [1.165, 1.54) is 17.2 Å². The van der Waals surface area contributed by atoms with Gasteiger partial charge in [-0.3, -0.25) is 9.59 Å². The van der Waals surface area contributed by atoms with E-state index >= 15 is 0 Å². The van der Waals surface area contributed by atoms with Crippen LogP contribution in [0.4, 0.5) is 4.79 Å². The Balaban J connectivity index is 1.69. The van der Waals surface area contributed by atoms with Crippen molar-refractivity contribution in [3.05, 3.63) is 154 Å². The number of hydrogen-bond donors (Lipinski definition) is 3. The smallest absolute Gasteiger partial charge is 0.408 e. The van der Waals surface area contributed by atoms with Crippen molar-refractivity contribution in [2.24, 2.45) is 0 Å². The maximum Gasteiger partial charge on any atom is 0.408 e. The van der Waals surface area contributed by atoms with Crippen LogP contribution in [0.2, 0.25) is 0 Å². The largest absolute Gasteiger partial charge is 0.467 e. The zero-order valence-electron chi connectivity index (χ0n) is 25.9. The molecular weight excluding hydrogens is 636 g/mol. The maximum absolute atomic E-state index is 13.8. The van der Waals surface area contributed by atoms with Crippen LogP contribution in [0.25, 0.3) is 0 Å². The molecule has 3 N–H and O–H groups in total. The molecule has 0 spiro atoms. The molecule has 12 nitrogen and oxygen atoms in total. The summed E-state index contributed by atoms with van der Waals surface area (Å²) in [6, 6.07) is 35.1. The van der Waals surface area contributed by atoms with Crippen molar-refractivity contribution < 1.29 is 33.7 Å². The van der Waals surface area contributed by atoms with Crippen molar-refractivity contribution >= 4 is 35.6 Å². The predicted octanol–water partition coefficient (Wildman–Crippen LogP) is 4.36. The fraction of sp³-hybridized carbons (Fsp3) is 0.200. The van der Waals surface area contributed by atoms with Gasteiger partial charge in [-0.2, -0.15) is 0 Å². The maximum atomic E-state index is 13.8. The highest BCUT2D eigenvalue weighted by atomic mass is 32.2. The van der Waals surface area contributed by atoms with Crippen LogP contribution in [-0.2, 0) is 35.2 Å². The Morgan fingerprint density at radius 2 is 1.23 bits per heavy atom. The van der Waals surface area contributed by atoms with Crippen molar-refractivity contribution in [1.82, 2.24) is 16.1 Å². The van der Waals surface area contributed by atoms with Crippen molar-refractivity contribution in [2.45, 2.75) is 29.9 Å². The molecule has 0 unspecified atom stereocenters. The van der Waals surface area contributed by atoms with Crippen molar-refractivity contribution in [3.8, 4) is 0 Å². The molecule has 0 aromatic heterocycles. The molecule has 2 atom stereocenters. The predicted molar refractivity (Wildman–Crippen MR) is 179 cm³/mol. The van der Waals surface area contributed by atoms with Gasteiger partial charge < -0.3 is 20.1 Å². The molecule has 0 fully saturated rings. The van der Waals surface area contributed by atoms with Gasteiger partial charge in [0.05, 0.1) is 18.3 Å². The van der Waals surface area contributed by atoms with Crippen LogP contribution in [0.3, 0.4) is 0 Å². The molecule has 0 saturated heterocycles. The molecular formula is C35H34N4O8S. The summed E-state index contributed by atoms with van der Waals surface area (Å²) >= 11 is 1.37. The number of carbonyl (C=O) groups excluding carboxylic acids is 4. The van der Waals surface area contributed by atoms with Gasteiger partial charge >= 0.3 is 12.1 Å². The summed E-state index contributed by atoms with van der Waals surface area (Å²) in [5.41, 5.74) is 4.89. The summed E-state index contributed by atoms with van der Waals surface area (Å²) in [6.45, 7) is -0.0675. The number of nitro groups is 1. The number of benzene rings is 4. The molecule has 4 aromatic rings. The molecule has 0 heterocycles. The monoisotopic (exact) mass is 670 g/mol. The van der Waals surface area contributed by atoms with E-state index in [2.05, 4.69) is 10.6 Å². The van der Waals surface area contributed by atoms with Crippen molar-refractivity contribution in [2.75, 3.05) is 12.9 Å². The average molecular weight is 671 g/mol. The Hall–Kier alpha value is -5.69. The number of thioether (sulfide) groups is 1. The number of nitrogens with one attached hydrogen (secondary N) is 3. The Kier molecular flexibility index (Phi) is 12.7. The highest BCUT2D eigenvalue weighted by Gasteiger charge is 2.39. The topological polar surface area (TPSA) is 166 Å². The lowest BCUT2D eigenvalue weighted by Gasteiger charge is -2.36. The second-order valence-electron chi connectivity index (χ2n) is 10.4. The highest BCUT2D eigenvalue weighted by molar-refractivity contribution is 8.00. The molecule has 0 aliphatic heterocycles. The second kappa shape index (κ2) is 17.3. The normalized spacial score (nSPS) is 12.1. The second-order valence-corrected chi connectivity index (χ2v) is 11.7. The minimum atomic E-state index is -1.58. The van der Waals surface area contributed by atoms with E-state index in [-0.39, 0.29) is 12.4 Å². The van der Waals surface area contributed by atoms with Crippen molar-refractivity contribution in [1.29, 1.82) is 0 Å². The van der Waals surface area contributed by atoms with Crippen LogP contribution in [0.15, 0.2) is 121 Å². The van der Waals surface area contributed by atoms with Crippen LogP contribution >= 0.6 is 11.8 Å². The zero-order chi connectivity index (χ0) is 34.4. The number of nitrogens with zero attached hydrogens (tertiary/aromatic N) is 1. The number of amides is 3. The molecule has 4 aromatic carbocycles. The average Bonchev–Trinajstić information content (AvgIpc) is 3.11. The lowest BCUT2D eigenvalue weighted by atomic mass is 9.84. The lowest BCUT2D eigenvalue weighted by molar-refractivity contribution is -0.530. The van der Waals surface area contributed by atoms with Gasteiger partial charge in [0.2, 0.25) is 5.91 Å². The number of hydrazine groups is 1. The van der Waals surface area contributed by atoms with Gasteiger partial charge in [0.1, 0.15) is 18.7 Å². The number of rotatable bonds is 15. The minimum Gasteiger partial charge on any atom is -0.467 e. The summed E-state index contributed by atoms with van der Waals surface area (Å²) in [6.07, 6.45) is -1.68. The number of hydrogen-bond acceptors (Lipinski definition) is 9. The number of alkyl carbamates (subject to hydrolysis) is 1. The number of carbonyl (C=O) groups is 4. The van der Waals surface area contributed by atoms with Gasteiger partial charge in [-0.25, -0.2) is 19.7 Å². The summed E-state index contributed by atoms with van der Waals surface area (Å²) < 4.78 is 9.27. The van der Waals surface area contributed by atoms with Gasteiger partial charge in [-0.05, 0) is 22.3 Å². The van der Waals surface area contributed by atoms with Gasteiger partial charge in [0.15, 0.2) is 5.03 Å².